The van der Waals surface area contributed by atoms with Gasteiger partial charge >= 0.3 is 0 Å². The standard InChI is InChI=1S/C11H11NOS/c1-2-10-12-8-3-4-9-7(5-6-13-9)11(8)14-10/h3-4H,2,5-6H2,1H3. The van der Waals surface area contributed by atoms with Crippen LogP contribution in [0.2, 0.25) is 0 Å². The van der Waals surface area contributed by atoms with E-state index in [4.69, 9.17) is 4.74 Å². The normalized spacial score (nSPS) is 14.4. The largest absolute Gasteiger partial charge is 0.493 e. The molecule has 0 aliphatic carbocycles. The lowest BCUT2D eigenvalue weighted by Crippen LogP contribution is -1.85. The second-order valence-corrected chi connectivity index (χ2v) is 4.53. The number of ether oxygens (including phenoxy) is 1. The lowest BCUT2D eigenvalue weighted by atomic mass is 10.1. The summed E-state index contributed by atoms with van der Waals surface area (Å²) in [7, 11) is 0. The van der Waals surface area contributed by atoms with Gasteiger partial charge in [0.15, 0.2) is 0 Å². The fourth-order valence-corrected chi connectivity index (χ4v) is 2.93. The van der Waals surface area contributed by atoms with E-state index in [0.29, 0.717) is 0 Å². The molecule has 0 radical (unpaired) electrons. The molecule has 2 nitrogen and oxygen atoms in total. The minimum Gasteiger partial charge on any atom is -0.493 e. The number of benzene rings is 1. The molecule has 72 valence electrons. The molecular formula is C11H11NOS. The van der Waals surface area contributed by atoms with Crippen molar-refractivity contribution in [3.05, 3.63) is 22.7 Å². The molecule has 1 aromatic heterocycles. The Kier molecular flexibility index (Phi) is 1.74. The Morgan fingerprint density at radius 3 is 3.29 bits per heavy atom. The van der Waals surface area contributed by atoms with Gasteiger partial charge in [-0.05, 0) is 18.6 Å². The van der Waals surface area contributed by atoms with Crippen molar-refractivity contribution in [2.45, 2.75) is 19.8 Å². The molecule has 0 saturated carbocycles. The molecule has 1 aromatic carbocycles. The zero-order valence-electron chi connectivity index (χ0n) is 8.04. The van der Waals surface area contributed by atoms with Crippen molar-refractivity contribution in [1.29, 1.82) is 0 Å². The van der Waals surface area contributed by atoms with Gasteiger partial charge in [0.05, 0.1) is 21.8 Å². The minimum absolute atomic E-state index is 0.827. The first-order valence-corrected chi connectivity index (χ1v) is 5.74. The molecule has 0 amide bonds. The Bertz CT molecular complexity index is 489. The highest BCUT2D eigenvalue weighted by Gasteiger charge is 2.17. The molecule has 0 atom stereocenters. The Balaban J connectivity index is 2.31. The van der Waals surface area contributed by atoms with Crippen LogP contribution in [0.15, 0.2) is 12.1 Å². The van der Waals surface area contributed by atoms with Crippen molar-refractivity contribution >= 4 is 21.6 Å². The number of aryl methyl sites for hydroxylation is 1. The fraction of sp³-hybridized carbons (Fsp3) is 0.364. The Morgan fingerprint density at radius 2 is 2.43 bits per heavy atom. The molecule has 14 heavy (non-hydrogen) atoms. The van der Waals surface area contributed by atoms with Gasteiger partial charge in [0.2, 0.25) is 0 Å². The van der Waals surface area contributed by atoms with Crippen molar-refractivity contribution < 1.29 is 4.74 Å². The van der Waals surface area contributed by atoms with Gasteiger partial charge in [-0.3, -0.25) is 0 Å². The van der Waals surface area contributed by atoms with Gasteiger partial charge in [-0.15, -0.1) is 11.3 Å². The lowest BCUT2D eigenvalue weighted by Gasteiger charge is -1.97. The second-order valence-electron chi connectivity index (χ2n) is 3.45. The summed E-state index contributed by atoms with van der Waals surface area (Å²) >= 11 is 1.81. The lowest BCUT2D eigenvalue weighted by molar-refractivity contribution is 0.357. The maximum atomic E-state index is 5.53. The number of fused-ring (bicyclic) bond motifs is 3. The van der Waals surface area contributed by atoms with E-state index in [2.05, 4.69) is 18.0 Å². The third kappa shape index (κ3) is 1.05. The number of rotatable bonds is 1. The second kappa shape index (κ2) is 2.95. The average molecular weight is 205 g/mol. The summed E-state index contributed by atoms with van der Waals surface area (Å²) in [5.74, 6) is 1.06. The Morgan fingerprint density at radius 1 is 1.50 bits per heavy atom. The van der Waals surface area contributed by atoms with Crippen molar-refractivity contribution in [1.82, 2.24) is 4.98 Å². The van der Waals surface area contributed by atoms with Crippen LogP contribution >= 0.6 is 11.3 Å². The van der Waals surface area contributed by atoms with E-state index < -0.39 is 0 Å². The summed E-state index contributed by atoms with van der Waals surface area (Å²) in [4.78, 5) is 4.57. The quantitative estimate of drug-likeness (QED) is 0.714. The molecule has 2 heterocycles. The van der Waals surface area contributed by atoms with Crippen LogP contribution in [0, 0.1) is 0 Å². The van der Waals surface area contributed by atoms with Crippen LogP contribution in [0.25, 0.3) is 10.2 Å². The van der Waals surface area contributed by atoms with Gasteiger partial charge in [0.1, 0.15) is 5.75 Å². The summed E-state index contributed by atoms with van der Waals surface area (Å²) in [6.45, 7) is 2.97. The fourth-order valence-electron chi connectivity index (χ4n) is 1.86. The molecule has 0 spiro atoms. The predicted molar refractivity (Wildman–Crippen MR) is 58.2 cm³/mol. The maximum absolute atomic E-state index is 5.53. The molecule has 2 aromatic rings. The predicted octanol–water partition coefficient (Wildman–Crippen LogP) is 2.79. The molecule has 1 aliphatic rings. The molecule has 0 N–H and O–H groups in total. The summed E-state index contributed by atoms with van der Waals surface area (Å²) < 4.78 is 6.86. The third-order valence-corrected chi connectivity index (χ3v) is 3.85. The first-order chi connectivity index (χ1) is 6.88. The molecule has 0 saturated heterocycles. The Hall–Kier alpha value is -1.09. The summed E-state index contributed by atoms with van der Waals surface area (Å²) in [6, 6.07) is 4.11. The van der Waals surface area contributed by atoms with E-state index >= 15 is 0 Å². The summed E-state index contributed by atoms with van der Waals surface area (Å²) in [5, 5.41) is 1.22. The van der Waals surface area contributed by atoms with E-state index in [1.165, 1.54) is 15.3 Å². The van der Waals surface area contributed by atoms with Crippen molar-refractivity contribution in [3.63, 3.8) is 0 Å². The van der Waals surface area contributed by atoms with Crippen LogP contribution in [-0.4, -0.2) is 11.6 Å². The summed E-state index contributed by atoms with van der Waals surface area (Å²) in [6.07, 6.45) is 2.06. The summed E-state index contributed by atoms with van der Waals surface area (Å²) in [5.41, 5.74) is 2.50. The van der Waals surface area contributed by atoms with Crippen LogP contribution in [0.4, 0.5) is 0 Å². The van der Waals surface area contributed by atoms with Crippen LogP contribution in [-0.2, 0) is 12.8 Å². The molecule has 3 rings (SSSR count). The van der Waals surface area contributed by atoms with Gasteiger partial charge < -0.3 is 4.74 Å². The van der Waals surface area contributed by atoms with Gasteiger partial charge in [-0.2, -0.15) is 0 Å². The highest BCUT2D eigenvalue weighted by atomic mass is 32.1. The molecule has 1 aliphatic heterocycles. The number of hydrogen-bond acceptors (Lipinski definition) is 3. The average Bonchev–Trinajstić information content (AvgIpc) is 2.82. The molecule has 0 unspecified atom stereocenters. The van der Waals surface area contributed by atoms with Crippen molar-refractivity contribution in [2.75, 3.05) is 6.61 Å². The number of nitrogens with zero attached hydrogens (tertiary/aromatic N) is 1. The molecular weight excluding hydrogens is 194 g/mol. The zero-order chi connectivity index (χ0) is 9.54. The van der Waals surface area contributed by atoms with Crippen molar-refractivity contribution in [2.24, 2.45) is 0 Å². The third-order valence-electron chi connectivity index (χ3n) is 2.57. The van der Waals surface area contributed by atoms with E-state index in [1.54, 1.807) is 0 Å². The number of hydrogen-bond donors (Lipinski definition) is 0. The molecule has 3 heteroatoms. The van der Waals surface area contributed by atoms with Crippen molar-refractivity contribution in [3.8, 4) is 5.75 Å². The zero-order valence-corrected chi connectivity index (χ0v) is 8.86. The van der Waals surface area contributed by atoms with Crippen LogP contribution in [0.3, 0.4) is 0 Å². The number of aromatic nitrogens is 1. The first-order valence-electron chi connectivity index (χ1n) is 4.92. The highest BCUT2D eigenvalue weighted by Crippen LogP contribution is 2.35. The smallest absolute Gasteiger partial charge is 0.124 e. The van der Waals surface area contributed by atoms with E-state index in [9.17, 15) is 0 Å². The molecule has 0 fully saturated rings. The molecule has 0 bridgehead atoms. The van der Waals surface area contributed by atoms with Crippen LogP contribution < -0.4 is 4.74 Å². The first kappa shape index (κ1) is 8.24. The van der Waals surface area contributed by atoms with E-state index in [0.717, 1.165) is 30.7 Å². The monoisotopic (exact) mass is 205 g/mol. The van der Waals surface area contributed by atoms with Crippen LogP contribution in [0.5, 0.6) is 5.75 Å². The van der Waals surface area contributed by atoms with Gasteiger partial charge in [-0.1, -0.05) is 6.92 Å². The minimum atomic E-state index is 0.827. The van der Waals surface area contributed by atoms with E-state index in [-0.39, 0.29) is 0 Å². The van der Waals surface area contributed by atoms with E-state index in [1.807, 2.05) is 17.4 Å². The van der Waals surface area contributed by atoms with Gasteiger partial charge in [0, 0.05) is 12.0 Å². The van der Waals surface area contributed by atoms with Crippen LogP contribution in [0.1, 0.15) is 17.5 Å². The highest BCUT2D eigenvalue weighted by molar-refractivity contribution is 7.18. The van der Waals surface area contributed by atoms with Gasteiger partial charge in [-0.25, -0.2) is 4.98 Å². The van der Waals surface area contributed by atoms with Gasteiger partial charge in [0.25, 0.3) is 0 Å². The Labute approximate surface area is 86.5 Å². The SMILES string of the molecule is CCc1nc2ccc3c(c2s1)CCO3. The number of thiazole rings is 1. The topological polar surface area (TPSA) is 22.1 Å². The maximum Gasteiger partial charge on any atom is 0.124 e.